The van der Waals surface area contributed by atoms with Crippen LogP contribution >= 0.6 is 21.8 Å². The second-order valence-corrected chi connectivity index (χ2v) is 11.9. The average molecular weight is 395 g/mol. The Labute approximate surface area is 166 Å². The van der Waals surface area contributed by atoms with Crippen molar-refractivity contribution in [3.8, 4) is 0 Å². The number of unbranched alkanes of at least 4 members (excludes halogenated alkanes) is 6. The van der Waals surface area contributed by atoms with E-state index in [1.165, 1.54) is 75.4 Å². The molecule has 0 aliphatic carbocycles. The van der Waals surface area contributed by atoms with Gasteiger partial charge in [0.1, 0.15) is 0 Å². The number of hydrogen-bond donors (Lipinski definition) is 2. The van der Waals surface area contributed by atoms with Crippen molar-refractivity contribution in [1.29, 1.82) is 0 Å². The van der Waals surface area contributed by atoms with Gasteiger partial charge in [-0.3, -0.25) is 4.79 Å². The zero-order chi connectivity index (χ0) is 18.8. The lowest BCUT2D eigenvalue weighted by Gasteiger charge is -2.28. The highest BCUT2D eigenvalue weighted by molar-refractivity contribution is 8.39. The fourth-order valence-corrected chi connectivity index (χ4v) is 9.24. The molecule has 0 radical (unpaired) electrons. The minimum Gasteiger partial charge on any atom is -0.298 e. The molecule has 0 bridgehead atoms. The van der Waals surface area contributed by atoms with Crippen LogP contribution in [0.4, 0.5) is 0 Å². The van der Waals surface area contributed by atoms with Crippen LogP contribution < -0.4 is 0 Å². The molecule has 0 aromatic carbocycles. The highest BCUT2D eigenvalue weighted by atomic mass is 32.3. The summed E-state index contributed by atoms with van der Waals surface area (Å²) in [7, 11) is -0.839. The van der Waals surface area contributed by atoms with E-state index in [9.17, 15) is 4.79 Å². The SMILES string of the molecule is CCCCCCC1=C[SH](C(C(C)=O)[SH]2C=CC(CCCCCC)=C2)C=C1. The van der Waals surface area contributed by atoms with Gasteiger partial charge in [-0.1, -0.05) is 64.5 Å². The van der Waals surface area contributed by atoms with Gasteiger partial charge in [0.2, 0.25) is 0 Å². The van der Waals surface area contributed by atoms with E-state index in [-0.39, 0.29) is 4.58 Å². The summed E-state index contributed by atoms with van der Waals surface area (Å²) in [6.45, 7) is 6.32. The van der Waals surface area contributed by atoms with E-state index in [1.54, 1.807) is 6.92 Å². The second kappa shape index (κ2) is 11.9. The summed E-state index contributed by atoms with van der Waals surface area (Å²) in [4.78, 5) is 12.4. The number of allylic oxidation sites excluding steroid dienone is 4. The summed E-state index contributed by atoms with van der Waals surface area (Å²) in [6, 6.07) is 0. The molecular formula is C23H38OS2. The molecule has 2 unspecified atom stereocenters. The Morgan fingerprint density at radius 1 is 0.808 bits per heavy atom. The van der Waals surface area contributed by atoms with E-state index in [0.717, 1.165) is 0 Å². The van der Waals surface area contributed by atoms with Crippen molar-refractivity contribution in [1.82, 2.24) is 0 Å². The molecule has 0 saturated carbocycles. The van der Waals surface area contributed by atoms with E-state index in [0.29, 0.717) is 5.78 Å². The average Bonchev–Trinajstić information content (AvgIpc) is 3.26. The third-order valence-electron chi connectivity index (χ3n) is 5.12. The Morgan fingerprint density at radius 3 is 1.65 bits per heavy atom. The molecule has 0 spiro atoms. The first-order valence-corrected chi connectivity index (χ1v) is 13.6. The van der Waals surface area contributed by atoms with Crippen molar-refractivity contribution in [2.24, 2.45) is 0 Å². The number of carbonyl (C=O) groups is 1. The Hall–Kier alpha value is -0.670. The predicted octanol–water partition coefficient (Wildman–Crippen LogP) is 7.67. The molecular weight excluding hydrogens is 356 g/mol. The van der Waals surface area contributed by atoms with Crippen LogP contribution in [-0.4, -0.2) is 10.4 Å². The second-order valence-electron chi connectivity index (χ2n) is 7.54. The Kier molecular flexibility index (Phi) is 9.92. The lowest BCUT2D eigenvalue weighted by Crippen LogP contribution is -2.14. The molecule has 2 rings (SSSR count). The van der Waals surface area contributed by atoms with Crippen LogP contribution in [-0.2, 0) is 4.79 Å². The molecule has 1 nitrogen and oxygen atoms in total. The summed E-state index contributed by atoms with van der Waals surface area (Å²) in [5.74, 6) is 0.378. The van der Waals surface area contributed by atoms with Crippen LogP contribution in [0.2, 0.25) is 0 Å². The number of ketones is 1. The lowest BCUT2D eigenvalue weighted by molar-refractivity contribution is -0.115. The third-order valence-corrected chi connectivity index (χ3v) is 10.8. The van der Waals surface area contributed by atoms with Crippen molar-refractivity contribution in [3.63, 3.8) is 0 Å². The summed E-state index contributed by atoms with van der Waals surface area (Å²) in [6.07, 6.45) is 17.5. The molecule has 0 aromatic heterocycles. The monoisotopic (exact) mass is 394 g/mol. The Morgan fingerprint density at radius 2 is 1.27 bits per heavy atom. The van der Waals surface area contributed by atoms with Crippen molar-refractivity contribution >= 4 is 27.6 Å². The van der Waals surface area contributed by atoms with E-state index in [4.69, 9.17) is 0 Å². The van der Waals surface area contributed by atoms with Gasteiger partial charge in [0.25, 0.3) is 0 Å². The van der Waals surface area contributed by atoms with Gasteiger partial charge in [-0.15, -0.1) is 0 Å². The first-order valence-electron chi connectivity index (χ1n) is 10.5. The standard InChI is InChI=1S/C23H38OS2/c1-4-6-8-10-12-21-14-16-25(18-21)23(20(3)24)26-17-15-22(19-26)13-11-9-7-5-2/h14-19,23,25-26H,4-13H2,1-3H3. The minimum absolute atomic E-state index is 0.203. The molecule has 3 heteroatoms. The van der Waals surface area contributed by atoms with Crippen LogP contribution in [0.25, 0.3) is 0 Å². The zero-order valence-electron chi connectivity index (χ0n) is 16.9. The minimum atomic E-state index is -0.420. The van der Waals surface area contributed by atoms with E-state index < -0.39 is 21.8 Å². The molecule has 26 heavy (non-hydrogen) atoms. The Bertz CT molecular complexity index is 527. The van der Waals surface area contributed by atoms with Gasteiger partial charge in [0, 0.05) is 0 Å². The molecule has 0 aromatic rings. The Balaban J connectivity index is 1.90. The maximum Gasteiger partial charge on any atom is 0.150 e. The van der Waals surface area contributed by atoms with Gasteiger partial charge >= 0.3 is 0 Å². The highest BCUT2D eigenvalue weighted by Crippen LogP contribution is 2.56. The smallest absolute Gasteiger partial charge is 0.150 e. The molecule has 148 valence electrons. The number of rotatable bonds is 13. The summed E-state index contributed by atoms with van der Waals surface area (Å²) in [5, 5.41) is 9.58. The quantitative estimate of drug-likeness (QED) is 0.242. The van der Waals surface area contributed by atoms with Gasteiger partial charge in [-0.05, 0) is 65.4 Å². The van der Waals surface area contributed by atoms with Crippen LogP contribution in [0.3, 0.4) is 0 Å². The topological polar surface area (TPSA) is 17.1 Å². The lowest BCUT2D eigenvalue weighted by atomic mass is 10.1. The van der Waals surface area contributed by atoms with Gasteiger partial charge in [0.05, 0.1) is 4.58 Å². The highest BCUT2D eigenvalue weighted by Gasteiger charge is 2.27. The zero-order valence-corrected chi connectivity index (χ0v) is 18.7. The van der Waals surface area contributed by atoms with Crippen LogP contribution in [0.15, 0.2) is 44.9 Å². The van der Waals surface area contributed by atoms with Crippen LogP contribution in [0, 0.1) is 0 Å². The van der Waals surface area contributed by atoms with E-state index in [2.05, 4.69) is 47.6 Å². The summed E-state index contributed by atoms with van der Waals surface area (Å²) in [5.41, 5.74) is 2.95. The summed E-state index contributed by atoms with van der Waals surface area (Å²) < 4.78 is 0.203. The number of hydrogen-bond acceptors (Lipinski definition) is 1. The van der Waals surface area contributed by atoms with Gasteiger partial charge in [0.15, 0.2) is 5.78 Å². The molecule has 2 atom stereocenters. The molecule has 0 fully saturated rings. The number of carbonyl (C=O) groups excluding carboxylic acids is 1. The molecule has 2 heterocycles. The first-order chi connectivity index (χ1) is 12.7. The molecule has 0 amide bonds. The number of thiol groups is 2. The van der Waals surface area contributed by atoms with Crippen molar-refractivity contribution < 1.29 is 4.79 Å². The maximum absolute atomic E-state index is 12.4. The van der Waals surface area contributed by atoms with Crippen LogP contribution in [0.1, 0.15) is 85.0 Å². The van der Waals surface area contributed by atoms with Gasteiger partial charge in [-0.2, -0.15) is 21.8 Å². The normalized spacial score (nSPS) is 25.3. The van der Waals surface area contributed by atoms with Crippen LogP contribution in [0.5, 0.6) is 0 Å². The van der Waals surface area contributed by atoms with Gasteiger partial charge in [-0.25, -0.2) is 0 Å². The maximum atomic E-state index is 12.4. The number of Topliss-reactive ketones (excluding diaryl/α,β-unsaturated/α-hetero) is 1. The molecule has 2 aliphatic heterocycles. The van der Waals surface area contributed by atoms with Crippen molar-refractivity contribution in [2.45, 2.75) is 89.6 Å². The fourth-order valence-electron chi connectivity index (χ4n) is 3.60. The van der Waals surface area contributed by atoms with E-state index in [1.807, 2.05) is 0 Å². The van der Waals surface area contributed by atoms with Crippen molar-refractivity contribution in [2.75, 3.05) is 0 Å². The molecule has 0 N–H and O–H groups in total. The first kappa shape index (κ1) is 21.6. The molecule has 0 saturated heterocycles. The summed E-state index contributed by atoms with van der Waals surface area (Å²) >= 11 is 0. The van der Waals surface area contributed by atoms with Gasteiger partial charge < -0.3 is 0 Å². The molecule has 2 aliphatic rings. The fraction of sp³-hybridized carbons (Fsp3) is 0.609. The van der Waals surface area contributed by atoms with E-state index >= 15 is 0 Å². The third kappa shape index (κ3) is 6.81. The van der Waals surface area contributed by atoms with Crippen molar-refractivity contribution in [3.05, 3.63) is 44.9 Å². The largest absolute Gasteiger partial charge is 0.298 e. The predicted molar refractivity (Wildman–Crippen MR) is 124 cm³/mol.